The molecule has 4 rings (SSSR count). The van der Waals surface area contributed by atoms with Crippen molar-refractivity contribution in [1.29, 1.82) is 0 Å². The average molecular weight is 435 g/mol. The molecule has 3 aromatic rings. The Morgan fingerprint density at radius 1 is 1.09 bits per heavy atom. The van der Waals surface area contributed by atoms with Crippen molar-refractivity contribution >= 4 is 11.7 Å². The number of rotatable bonds is 6. The summed E-state index contributed by atoms with van der Waals surface area (Å²) in [4.78, 5) is 21.6. The third-order valence-corrected chi connectivity index (χ3v) is 5.90. The monoisotopic (exact) mass is 434 g/mol. The zero-order chi connectivity index (χ0) is 22.5. The first-order valence-corrected chi connectivity index (χ1v) is 11.0. The molecule has 0 bridgehead atoms. The molecule has 1 saturated heterocycles. The van der Waals surface area contributed by atoms with Crippen LogP contribution in [0.15, 0.2) is 52.9 Å². The van der Waals surface area contributed by atoms with Gasteiger partial charge in [-0.3, -0.25) is 4.90 Å². The molecule has 0 spiro atoms. The summed E-state index contributed by atoms with van der Waals surface area (Å²) >= 11 is 0. The lowest BCUT2D eigenvalue weighted by molar-refractivity contribution is 0.141. The van der Waals surface area contributed by atoms with Crippen molar-refractivity contribution in [2.45, 2.75) is 26.8 Å². The first kappa shape index (κ1) is 21.9. The van der Waals surface area contributed by atoms with Crippen LogP contribution in [0.4, 0.5) is 10.5 Å². The predicted molar refractivity (Wildman–Crippen MR) is 125 cm³/mol. The number of hydrogen-bond acceptors (Lipinski definition) is 5. The van der Waals surface area contributed by atoms with Gasteiger partial charge in [-0.15, -0.1) is 0 Å². The highest BCUT2D eigenvalue weighted by Crippen LogP contribution is 2.25. The number of benzene rings is 2. The molecule has 0 saturated carbocycles. The van der Waals surface area contributed by atoms with Crippen molar-refractivity contribution in [1.82, 2.24) is 14.8 Å². The molecule has 1 N–H and O–H groups in total. The normalized spacial score (nSPS) is 14.4. The molecule has 168 valence electrons. The fraction of sp³-hybridized carbons (Fsp3) is 0.360. The Balaban J connectivity index is 1.33. The number of amides is 2. The number of hydrogen-bond donors (Lipinski definition) is 1. The van der Waals surface area contributed by atoms with E-state index in [1.54, 1.807) is 7.11 Å². The smallest absolute Gasteiger partial charge is 0.321 e. The van der Waals surface area contributed by atoms with Crippen LogP contribution < -0.4 is 10.1 Å². The summed E-state index contributed by atoms with van der Waals surface area (Å²) < 4.78 is 11.1. The lowest BCUT2D eigenvalue weighted by Gasteiger charge is -2.34. The molecule has 32 heavy (non-hydrogen) atoms. The maximum atomic E-state index is 12.7. The number of carbonyl (C=O) groups is 1. The number of aromatic nitrogens is 1. The van der Waals surface area contributed by atoms with Gasteiger partial charge in [-0.05, 0) is 49.2 Å². The Hall–Kier alpha value is -3.32. The van der Waals surface area contributed by atoms with Crippen LogP contribution in [0.1, 0.15) is 23.9 Å². The number of oxazole rings is 1. The molecule has 2 heterocycles. The number of nitrogens with zero attached hydrogens (tertiary/aromatic N) is 3. The molecule has 7 nitrogen and oxygen atoms in total. The Kier molecular flexibility index (Phi) is 6.75. The topological polar surface area (TPSA) is 70.8 Å². The van der Waals surface area contributed by atoms with Crippen LogP contribution in [0.25, 0.3) is 11.5 Å². The van der Waals surface area contributed by atoms with Crippen LogP contribution in [0, 0.1) is 6.92 Å². The van der Waals surface area contributed by atoms with Crippen LogP contribution >= 0.6 is 0 Å². The molecule has 0 radical (unpaired) electrons. The zero-order valence-electron chi connectivity index (χ0n) is 18.9. The summed E-state index contributed by atoms with van der Waals surface area (Å²) in [5, 5.41) is 3.07. The van der Waals surface area contributed by atoms with E-state index in [4.69, 9.17) is 14.1 Å². The SMILES string of the molecule is CCc1ccccc1NC(=O)N1CCN(Cc2nc(-c3ccc(OC)cc3)oc2C)CC1. The highest BCUT2D eigenvalue weighted by molar-refractivity contribution is 5.90. The van der Waals surface area contributed by atoms with E-state index < -0.39 is 0 Å². The third-order valence-electron chi connectivity index (χ3n) is 5.90. The summed E-state index contributed by atoms with van der Waals surface area (Å²) in [7, 11) is 1.65. The zero-order valence-corrected chi connectivity index (χ0v) is 18.9. The van der Waals surface area contributed by atoms with Gasteiger partial charge in [0.1, 0.15) is 11.5 Å². The minimum Gasteiger partial charge on any atom is -0.497 e. The van der Waals surface area contributed by atoms with E-state index in [2.05, 4.69) is 17.1 Å². The Morgan fingerprint density at radius 2 is 1.81 bits per heavy atom. The second kappa shape index (κ2) is 9.87. The minimum atomic E-state index is -0.0371. The van der Waals surface area contributed by atoms with Gasteiger partial charge in [0.05, 0.1) is 12.8 Å². The molecule has 0 aliphatic carbocycles. The summed E-state index contributed by atoms with van der Waals surface area (Å²) in [6, 6.07) is 15.6. The van der Waals surface area contributed by atoms with Crippen molar-refractivity contribution in [2.24, 2.45) is 0 Å². The lowest BCUT2D eigenvalue weighted by Crippen LogP contribution is -2.49. The number of ether oxygens (including phenoxy) is 1. The first-order chi connectivity index (χ1) is 15.6. The van der Waals surface area contributed by atoms with Gasteiger partial charge in [-0.25, -0.2) is 9.78 Å². The number of urea groups is 1. The molecular formula is C25H30N4O3. The number of anilines is 1. The predicted octanol–water partition coefficient (Wildman–Crippen LogP) is 4.57. The second-order valence-corrected chi connectivity index (χ2v) is 7.95. The van der Waals surface area contributed by atoms with E-state index in [0.29, 0.717) is 25.5 Å². The summed E-state index contributed by atoms with van der Waals surface area (Å²) in [6.07, 6.45) is 0.889. The molecular weight excluding hydrogens is 404 g/mol. The molecule has 1 fully saturated rings. The number of para-hydroxylation sites is 1. The highest BCUT2D eigenvalue weighted by atomic mass is 16.5. The van der Waals surface area contributed by atoms with Crippen molar-refractivity contribution in [3.05, 3.63) is 65.5 Å². The molecule has 0 unspecified atom stereocenters. The molecule has 1 aliphatic rings. The van der Waals surface area contributed by atoms with E-state index in [-0.39, 0.29) is 6.03 Å². The van der Waals surface area contributed by atoms with Gasteiger partial charge in [0.2, 0.25) is 5.89 Å². The minimum absolute atomic E-state index is 0.0371. The van der Waals surface area contributed by atoms with E-state index in [0.717, 1.165) is 53.5 Å². The van der Waals surface area contributed by atoms with Crippen molar-refractivity contribution in [2.75, 3.05) is 38.6 Å². The Morgan fingerprint density at radius 3 is 2.50 bits per heavy atom. The number of aryl methyl sites for hydroxylation is 2. The summed E-state index contributed by atoms with van der Waals surface area (Å²) in [5.41, 5.74) is 3.90. The van der Waals surface area contributed by atoms with Gasteiger partial charge in [-0.1, -0.05) is 25.1 Å². The van der Waals surface area contributed by atoms with E-state index in [1.807, 2.05) is 60.4 Å². The van der Waals surface area contributed by atoms with E-state index >= 15 is 0 Å². The van der Waals surface area contributed by atoms with Crippen molar-refractivity contribution in [3.8, 4) is 17.2 Å². The average Bonchev–Trinajstić information content (AvgIpc) is 3.20. The van der Waals surface area contributed by atoms with Crippen LogP contribution in [0.5, 0.6) is 5.75 Å². The summed E-state index contributed by atoms with van der Waals surface area (Å²) in [5.74, 6) is 2.25. The maximum absolute atomic E-state index is 12.7. The van der Waals surface area contributed by atoms with Crippen LogP contribution in [-0.2, 0) is 13.0 Å². The van der Waals surface area contributed by atoms with Crippen LogP contribution in [0.2, 0.25) is 0 Å². The van der Waals surface area contributed by atoms with E-state index in [9.17, 15) is 4.79 Å². The highest BCUT2D eigenvalue weighted by Gasteiger charge is 2.23. The number of piperazine rings is 1. The molecule has 2 aromatic carbocycles. The lowest BCUT2D eigenvalue weighted by atomic mass is 10.1. The van der Waals surface area contributed by atoms with Crippen molar-refractivity contribution < 1.29 is 13.9 Å². The van der Waals surface area contributed by atoms with E-state index in [1.165, 1.54) is 0 Å². The largest absolute Gasteiger partial charge is 0.497 e. The van der Waals surface area contributed by atoms with Gasteiger partial charge in [0.15, 0.2) is 0 Å². The van der Waals surface area contributed by atoms with Crippen LogP contribution in [0.3, 0.4) is 0 Å². The Bertz CT molecular complexity index is 1050. The van der Waals surface area contributed by atoms with Gasteiger partial charge >= 0.3 is 6.03 Å². The standard InChI is InChI=1S/C25H30N4O3/c1-4-19-7-5-6-8-22(19)27-25(30)29-15-13-28(14-16-29)17-23-18(2)32-24(26-23)20-9-11-21(31-3)12-10-20/h5-12H,4,13-17H2,1-3H3,(H,27,30). The fourth-order valence-corrected chi connectivity index (χ4v) is 3.90. The molecule has 1 aromatic heterocycles. The number of nitrogens with one attached hydrogen (secondary N) is 1. The fourth-order valence-electron chi connectivity index (χ4n) is 3.90. The Labute approximate surface area is 189 Å². The van der Waals surface area contributed by atoms with Crippen LogP contribution in [-0.4, -0.2) is 54.1 Å². The third kappa shape index (κ3) is 4.94. The molecule has 7 heteroatoms. The molecule has 1 aliphatic heterocycles. The number of methoxy groups -OCH3 is 1. The first-order valence-electron chi connectivity index (χ1n) is 11.0. The molecule has 2 amide bonds. The summed E-state index contributed by atoms with van der Waals surface area (Å²) in [6.45, 7) is 7.71. The maximum Gasteiger partial charge on any atom is 0.321 e. The van der Waals surface area contributed by atoms with Crippen molar-refractivity contribution in [3.63, 3.8) is 0 Å². The second-order valence-electron chi connectivity index (χ2n) is 7.95. The van der Waals surface area contributed by atoms with Gasteiger partial charge in [0.25, 0.3) is 0 Å². The molecule has 0 atom stereocenters. The number of carbonyl (C=O) groups excluding carboxylic acids is 1. The van der Waals surface area contributed by atoms with Gasteiger partial charge < -0.3 is 19.4 Å². The quantitative estimate of drug-likeness (QED) is 0.615. The van der Waals surface area contributed by atoms with Gasteiger partial charge in [0, 0.05) is 44.0 Å². The van der Waals surface area contributed by atoms with Gasteiger partial charge in [-0.2, -0.15) is 0 Å².